The van der Waals surface area contributed by atoms with E-state index in [0.717, 1.165) is 0 Å². The predicted molar refractivity (Wildman–Crippen MR) is 76.6 cm³/mol. The molecule has 1 saturated heterocycles. The van der Waals surface area contributed by atoms with E-state index in [4.69, 9.17) is 0 Å². The normalized spacial score (nSPS) is 40.3. The maximum absolute atomic E-state index is 12.6. The van der Waals surface area contributed by atoms with E-state index in [1.54, 1.807) is 4.90 Å². The van der Waals surface area contributed by atoms with E-state index in [2.05, 4.69) is 0 Å². The van der Waals surface area contributed by atoms with Gasteiger partial charge in [0.2, 0.25) is 0 Å². The van der Waals surface area contributed by atoms with Gasteiger partial charge in [-0.05, 0) is 44.6 Å². The number of piperidine rings is 1. The molecule has 0 spiro atoms. The Morgan fingerprint density at radius 2 is 1.57 bits per heavy atom. The molecule has 136 valence electrons. The molecule has 0 aromatic carbocycles. The smallest absolute Gasteiger partial charge is 0.391 e. The molecule has 0 unspecified atom stereocenters. The zero-order chi connectivity index (χ0) is 17.2. The lowest BCUT2D eigenvalue weighted by Gasteiger charge is -2.43. The van der Waals surface area contributed by atoms with Gasteiger partial charge in [-0.3, -0.25) is 4.90 Å². The van der Waals surface area contributed by atoms with Gasteiger partial charge < -0.3 is 20.4 Å². The second-order valence-corrected chi connectivity index (χ2v) is 6.84. The second-order valence-electron chi connectivity index (χ2n) is 6.84. The second kappa shape index (κ2) is 7.65. The van der Waals surface area contributed by atoms with Gasteiger partial charge in [-0.15, -0.1) is 0 Å². The first-order chi connectivity index (χ1) is 10.7. The Labute approximate surface area is 133 Å². The third-order valence-electron chi connectivity index (χ3n) is 5.35. The van der Waals surface area contributed by atoms with Crippen molar-refractivity contribution in [1.29, 1.82) is 0 Å². The minimum atomic E-state index is -4.11. The van der Waals surface area contributed by atoms with Gasteiger partial charge in [0.1, 0.15) is 12.2 Å². The molecule has 0 amide bonds. The summed E-state index contributed by atoms with van der Waals surface area (Å²) in [4.78, 5) is 1.72. The van der Waals surface area contributed by atoms with Crippen LogP contribution in [0.5, 0.6) is 0 Å². The maximum atomic E-state index is 12.6. The third kappa shape index (κ3) is 4.57. The van der Waals surface area contributed by atoms with Crippen molar-refractivity contribution >= 4 is 0 Å². The maximum Gasteiger partial charge on any atom is 0.391 e. The van der Waals surface area contributed by atoms with Crippen molar-refractivity contribution in [2.45, 2.75) is 62.6 Å². The number of hydrogen-bond acceptors (Lipinski definition) is 5. The molecule has 0 aromatic heterocycles. The van der Waals surface area contributed by atoms with Crippen molar-refractivity contribution < 1.29 is 33.6 Å². The molecule has 2 rings (SSSR count). The standard InChI is InChI=1S/C15H26F3NO4/c16-15(17,18)10-3-1-9(2-4-10)5-6-19-7-12(21)14(23)13(22)11(19)8-20/h9-14,20-23H,1-8H2/t9?,10?,11-,12+,13-,14-/m1/s1. The Balaban J connectivity index is 1.81. The average Bonchev–Trinajstić information content (AvgIpc) is 2.50. The van der Waals surface area contributed by atoms with E-state index in [-0.39, 0.29) is 31.9 Å². The molecule has 1 aliphatic heterocycles. The van der Waals surface area contributed by atoms with Crippen molar-refractivity contribution in [3.05, 3.63) is 0 Å². The largest absolute Gasteiger partial charge is 0.395 e. The molecule has 23 heavy (non-hydrogen) atoms. The fourth-order valence-corrected chi connectivity index (χ4v) is 3.76. The number of likely N-dealkylation sites (tertiary alicyclic amines) is 1. The van der Waals surface area contributed by atoms with Crippen LogP contribution in [0.1, 0.15) is 32.1 Å². The van der Waals surface area contributed by atoms with E-state index in [0.29, 0.717) is 25.8 Å². The molecule has 0 radical (unpaired) electrons. The summed E-state index contributed by atoms with van der Waals surface area (Å²) >= 11 is 0. The van der Waals surface area contributed by atoms with Gasteiger partial charge in [-0.1, -0.05) is 0 Å². The SMILES string of the molecule is OC[C@@H]1[C@@H](O)[C@H](O)[C@@H](O)CN1CCC1CCC(C(F)(F)F)CC1. The molecular weight excluding hydrogens is 315 g/mol. The minimum Gasteiger partial charge on any atom is -0.395 e. The van der Waals surface area contributed by atoms with Gasteiger partial charge in [-0.25, -0.2) is 0 Å². The number of aliphatic hydroxyl groups excluding tert-OH is 4. The highest BCUT2D eigenvalue weighted by Gasteiger charge is 2.43. The van der Waals surface area contributed by atoms with Gasteiger partial charge in [0.25, 0.3) is 0 Å². The van der Waals surface area contributed by atoms with E-state index >= 15 is 0 Å². The number of rotatable bonds is 4. The van der Waals surface area contributed by atoms with E-state index in [1.807, 2.05) is 0 Å². The van der Waals surface area contributed by atoms with Crippen molar-refractivity contribution in [2.24, 2.45) is 11.8 Å². The first-order valence-electron chi connectivity index (χ1n) is 8.19. The monoisotopic (exact) mass is 341 g/mol. The van der Waals surface area contributed by atoms with Crippen molar-refractivity contribution in [2.75, 3.05) is 19.7 Å². The molecule has 2 aliphatic rings. The molecule has 1 aliphatic carbocycles. The van der Waals surface area contributed by atoms with Crippen LogP contribution in [0.2, 0.25) is 0 Å². The lowest BCUT2D eigenvalue weighted by molar-refractivity contribution is -0.184. The summed E-state index contributed by atoms with van der Waals surface area (Å²) in [7, 11) is 0. The highest BCUT2D eigenvalue weighted by atomic mass is 19.4. The number of alkyl halides is 3. The summed E-state index contributed by atoms with van der Waals surface area (Å²) in [6.45, 7) is 0.278. The van der Waals surface area contributed by atoms with Crippen LogP contribution in [0.3, 0.4) is 0 Å². The van der Waals surface area contributed by atoms with Gasteiger partial charge in [0, 0.05) is 6.54 Å². The Morgan fingerprint density at radius 1 is 0.957 bits per heavy atom. The lowest BCUT2D eigenvalue weighted by Crippen LogP contribution is -2.62. The van der Waals surface area contributed by atoms with Gasteiger partial charge in [-0.2, -0.15) is 13.2 Å². The first-order valence-corrected chi connectivity index (χ1v) is 8.19. The minimum absolute atomic E-state index is 0.140. The van der Waals surface area contributed by atoms with Crippen LogP contribution in [0.4, 0.5) is 13.2 Å². The average molecular weight is 341 g/mol. The van der Waals surface area contributed by atoms with Crippen molar-refractivity contribution in [1.82, 2.24) is 4.90 Å². The predicted octanol–water partition coefficient (Wildman–Crippen LogP) is 0.504. The van der Waals surface area contributed by atoms with Crippen LogP contribution in [0, 0.1) is 11.8 Å². The number of halogens is 3. The Bertz CT molecular complexity index is 374. The molecule has 0 bridgehead atoms. The van der Waals surface area contributed by atoms with Crippen LogP contribution in [-0.4, -0.2) is 75.6 Å². The zero-order valence-corrected chi connectivity index (χ0v) is 13.0. The van der Waals surface area contributed by atoms with Crippen molar-refractivity contribution in [3.63, 3.8) is 0 Å². The fourth-order valence-electron chi connectivity index (χ4n) is 3.76. The third-order valence-corrected chi connectivity index (χ3v) is 5.35. The summed E-state index contributed by atoms with van der Waals surface area (Å²) in [5.41, 5.74) is 0. The zero-order valence-electron chi connectivity index (χ0n) is 13.0. The Hall–Kier alpha value is -0.410. The summed E-state index contributed by atoms with van der Waals surface area (Å²) in [6, 6.07) is -0.653. The van der Waals surface area contributed by atoms with E-state index < -0.39 is 36.4 Å². The number of aliphatic hydroxyl groups is 4. The van der Waals surface area contributed by atoms with E-state index in [9.17, 15) is 33.6 Å². The van der Waals surface area contributed by atoms with Crippen LogP contribution >= 0.6 is 0 Å². The molecular formula is C15H26F3NO4. The summed E-state index contributed by atoms with van der Waals surface area (Å²) in [5.74, 6) is -1.01. The topological polar surface area (TPSA) is 84.2 Å². The Kier molecular flexibility index (Phi) is 6.29. The molecule has 4 N–H and O–H groups in total. The lowest BCUT2D eigenvalue weighted by atomic mass is 9.80. The summed E-state index contributed by atoms with van der Waals surface area (Å²) in [5, 5.41) is 38.7. The number of hydrogen-bond donors (Lipinski definition) is 4. The van der Waals surface area contributed by atoms with Gasteiger partial charge >= 0.3 is 6.18 Å². The van der Waals surface area contributed by atoms with E-state index in [1.165, 1.54) is 0 Å². The Morgan fingerprint density at radius 3 is 2.09 bits per heavy atom. The first kappa shape index (κ1) is 18.9. The van der Waals surface area contributed by atoms with Gasteiger partial charge in [0.15, 0.2) is 0 Å². The quantitative estimate of drug-likeness (QED) is 0.599. The van der Waals surface area contributed by atoms with Crippen LogP contribution in [-0.2, 0) is 0 Å². The molecule has 1 heterocycles. The van der Waals surface area contributed by atoms with Gasteiger partial charge in [0.05, 0.1) is 24.7 Å². The van der Waals surface area contributed by atoms with Crippen molar-refractivity contribution in [3.8, 4) is 0 Å². The molecule has 2 fully saturated rings. The number of nitrogens with zero attached hydrogens (tertiary/aromatic N) is 1. The summed E-state index contributed by atoms with van der Waals surface area (Å²) < 4.78 is 37.9. The van der Waals surface area contributed by atoms with Crippen LogP contribution in [0.15, 0.2) is 0 Å². The highest BCUT2D eigenvalue weighted by molar-refractivity contribution is 4.94. The summed E-state index contributed by atoms with van der Waals surface area (Å²) in [6.07, 6.45) is -5.70. The number of β-amino-alcohol motifs (C(OH)–C–C–N with tert-alkyl or cyclic N) is 1. The molecule has 4 atom stereocenters. The highest BCUT2D eigenvalue weighted by Crippen LogP contribution is 2.40. The van der Waals surface area contributed by atoms with Crippen LogP contribution < -0.4 is 0 Å². The molecule has 0 aromatic rings. The molecule has 8 heteroatoms. The fraction of sp³-hybridized carbons (Fsp3) is 1.00. The molecule has 1 saturated carbocycles. The van der Waals surface area contributed by atoms with Crippen LogP contribution in [0.25, 0.3) is 0 Å². The molecule has 5 nitrogen and oxygen atoms in total.